The second kappa shape index (κ2) is 6.54. The Balaban J connectivity index is 2.24. The average Bonchev–Trinajstić information content (AvgIpc) is 2.90. The molecular weight excluding hydrogens is 310 g/mol. The Morgan fingerprint density at radius 1 is 0.960 bits per heavy atom. The molecule has 0 spiro atoms. The fraction of sp³-hybridized carbons (Fsp3) is 0.500. The first kappa shape index (κ1) is 17.5. The van der Waals surface area contributed by atoms with Gasteiger partial charge in [-0.3, -0.25) is 4.98 Å². The van der Waals surface area contributed by atoms with Crippen molar-refractivity contribution in [2.75, 3.05) is 0 Å². The topological polar surface area (TPSA) is 56.5 Å². The molecule has 0 aliphatic carbocycles. The largest absolute Gasteiger partial charge is 0.257 e. The van der Waals surface area contributed by atoms with E-state index >= 15 is 0 Å². The van der Waals surface area contributed by atoms with Gasteiger partial charge in [-0.05, 0) is 52.2 Å². The van der Waals surface area contributed by atoms with Crippen LogP contribution in [0.15, 0.2) is 12.1 Å². The second-order valence-corrected chi connectivity index (χ2v) is 7.19. The monoisotopic (exact) mass is 337 g/mol. The van der Waals surface area contributed by atoms with Gasteiger partial charge in [-0.2, -0.15) is 5.10 Å². The maximum Gasteiger partial charge on any atom is 0.177 e. The summed E-state index contributed by atoms with van der Waals surface area (Å²) in [6, 6.07) is 4.49. The van der Waals surface area contributed by atoms with E-state index < -0.39 is 0 Å². The summed E-state index contributed by atoms with van der Waals surface area (Å²) in [5, 5.41) is 4.64. The summed E-state index contributed by atoms with van der Waals surface area (Å²) in [5.41, 5.74) is 7.78. The molecule has 3 aromatic rings. The van der Waals surface area contributed by atoms with E-state index in [2.05, 4.69) is 58.8 Å². The van der Waals surface area contributed by atoms with Crippen LogP contribution in [-0.2, 0) is 6.42 Å². The maximum absolute atomic E-state index is 4.97. The van der Waals surface area contributed by atoms with Crippen LogP contribution in [0.3, 0.4) is 0 Å². The molecule has 0 bridgehead atoms. The maximum atomic E-state index is 4.97. The van der Waals surface area contributed by atoms with Crippen molar-refractivity contribution < 1.29 is 0 Å². The average molecular weight is 337 g/mol. The molecule has 0 aromatic carbocycles. The van der Waals surface area contributed by atoms with Crippen LogP contribution in [0.25, 0.3) is 22.4 Å². The molecule has 5 nitrogen and oxygen atoms in total. The van der Waals surface area contributed by atoms with E-state index in [9.17, 15) is 0 Å². The number of aryl methyl sites for hydroxylation is 3. The van der Waals surface area contributed by atoms with Gasteiger partial charge < -0.3 is 0 Å². The Hall–Kier alpha value is -2.30. The Morgan fingerprint density at radius 2 is 1.68 bits per heavy atom. The molecule has 5 heteroatoms. The highest BCUT2D eigenvalue weighted by molar-refractivity contribution is 5.78. The van der Waals surface area contributed by atoms with Crippen LogP contribution >= 0.6 is 0 Å². The molecule has 0 saturated carbocycles. The molecule has 3 heterocycles. The summed E-state index contributed by atoms with van der Waals surface area (Å²) in [4.78, 5) is 14.7. The van der Waals surface area contributed by atoms with E-state index in [1.807, 2.05) is 11.6 Å². The Bertz CT molecular complexity index is 921. The molecule has 0 radical (unpaired) electrons. The lowest BCUT2D eigenvalue weighted by atomic mass is 10.0. The summed E-state index contributed by atoms with van der Waals surface area (Å²) < 4.78 is 1.97. The molecule has 0 aliphatic rings. The fourth-order valence-corrected chi connectivity index (χ4v) is 3.09. The smallest absolute Gasteiger partial charge is 0.177 e. The SMILES string of the molecule is CCc1nc2c(nc1-c1ccc(C(C)C)nc1C)c(C)nn2C(C)C. The lowest BCUT2D eigenvalue weighted by molar-refractivity contribution is 0.542. The third-order valence-corrected chi connectivity index (χ3v) is 4.55. The molecule has 0 N–H and O–H groups in total. The molecule has 0 fully saturated rings. The lowest BCUT2D eigenvalue weighted by Crippen LogP contribution is -2.06. The van der Waals surface area contributed by atoms with Crippen LogP contribution < -0.4 is 0 Å². The predicted octanol–water partition coefficient (Wildman–Crippen LogP) is 4.77. The minimum Gasteiger partial charge on any atom is -0.257 e. The van der Waals surface area contributed by atoms with Gasteiger partial charge in [0.1, 0.15) is 5.52 Å². The fourth-order valence-electron chi connectivity index (χ4n) is 3.09. The first-order valence-corrected chi connectivity index (χ1v) is 9.07. The molecule has 3 aromatic heterocycles. The standard InChI is InChI=1S/C20H27N5/c1-8-16-19(15-9-10-17(11(2)3)21-13(15)6)23-18-14(7)24-25(12(4)5)20(18)22-16/h9-12H,8H2,1-7H3. The summed E-state index contributed by atoms with van der Waals surface area (Å²) in [5.74, 6) is 0.415. The molecule has 0 saturated heterocycles. The first-order valence-electron chi connectivity index (χ1n) is 9.07. The van der Waals surface area contributed by atoms with E-state index in [0.717, 1.165) is 51.6 Å². The van der Waals surface area contributed by atoms with Crippen molar-refractivity contribution in [3.63, 3.8) is 0 Å². The van der Waals surface area contributed by atoms with Gasteiger partial charge in [0.2, 0.25) is 0 Å². The zero-order valence-electron chi connectivity index (χ0n) is 16.3. The number of hydrogen-bond donors (Lipinski definition) is 0. The number of fused-ring (bicyclic) bond motifs is 1. The van der Waals surface area contributed by atoms with E-state index in [1.165, 1.54) is 0 Å². The van der Waals surface area contributed by atoms with Gasteiger partial charge >= 0.3 is 0 Å². The number of pyridine rings is 1. The van der Waals surface area contributed by atoms with Gasteiger partial charge in [0.25, 0.3) is 0 Å². The van der Waals surface area contributed by atoms with Crippen molar-refractivity contribution >= 4 is 11.2 Å². The van der Waals surface area contributed by atoms with Crippen LogP contribution in [0.1, 0.15) is 69.4 Å². The minimum absolute atomic E-state index is 0.259. The van der Waals surface area contributed by atoms with Crippen LogP contribution in [0.4, 0.5) is 0 Å². The highest BCUT2D eigenvalue weighted by Crippen LogP contribution is 2.29. The van der Waals surface area contributed by atoms with E-state index in [0.29, 0.717) is 5.92 Å². The Morgan fingerprint density at radius 3 is 2.24 bits per heavy atom. The highest BCUT2D eigenvalue weighted by Gasteiger charge is 2.19. The summed E-state index contributed by atoms with van der Waals surface area (Å²) in [7, 11) is 0. The van der Waals surface area contributed by atoms with E-state index in [-0.39, 0.29) is 6.04 Å². The first-order chi connectivity index (χ1) is 11.8. The highest BCUT2D eigenvalue weighted by atomic mass is 15.3. The van der Waals surface area contributed by atoms with Gasteiger partial charge in [0.05, 0.1) is 17.1 Å². The number of rotatable bonds is 4. The van der Waals surface area contributed by atoms with Gasteiger partial charge in [-0.15, -0.1) is 0 Å². The van der Waals surface area contributed by atoms with Crippen molar-refractivity contribution in [1.82, 2.24) is 24.7 Å². The van der Waals surface area contributed by atoms with Crippen LogP contribution in [0, 0.1) is 13.8 Å². The molecule has 0 unspecified atom stereocenters. The number of aromatic nitrogens is 5. The molecule has 25 heavy (non-hydrogen) atoms. The van der Waals surface area contributed by atoms with Crippen molar-refractivity contribution in [3.05, 3.63) is 34.9 Å². The van der Waals surface area contributed by atoms with Crippen molar-refractivity contribution in [2.24, 2.45) is 0 Å². The van der Waals surface area contributed by atoms with Crippen molar-refractivity contribution in [1.29, 1.82) is 0 Å². The molecular formula is C20H27N5. The van der Waals surface area contributed by atoms with Crippen molar-refractivity contribution in [2.45, 2.75) is 66.8 Å². The normalized spacial score (nSPS) is 11.9. The van der Waals surface area contributed by atoms with E-state index in [4.69, 9.17) is 15.0 Å². The second-order valence-electron chi connectivity index (χ2n) is 7.19. The van der Waals surface area contributed by atoms with Crippen LogP contribution in [0.2, 0.25) is 0 Å². The van der Waals surface area contributed by atoms with Crippen LogP contribution in [0.5, 0.6) is 0 Å². The summed E-state index contributed by atoms with van der Waals surface area (Å²) in [6.07, 6.45) is 0.825. The van der Waals surface area contributed by atoms with Gasteiger partial charge in [-0.25, -0.2) is 14.6 Å². The Kier molecular flexibility index (Phi) is 4.58. The van der Waals surface area contributed by atoms with Crippen molar-refractivity contribution in [3.8, 4) is 11.3 Å². The zero-order chi connectivity index (χ0) is 18.3. The summed E-state index contributed by atoms with van der Waals surface area (Å²) >= 11 is 0. The van der Waals surface area contributed by atoms with E-state index in [1.54, 1.807) is 0 Å². The zero-order valence-corrected chi connectivity index (χ0v) is 16.3. The number of nitrogens with zero attached hydrogens (tertiary/aromatic N) is 5. The predicted molar refractivity (Wildman–Crippen MR) is 102 cm³/mol. The van der Waals surface area contributed by atoms with Crippen LogP contribution in [-0.4, -0.2) is 24.7 Å². The minimum atomic E-state index is 0.259. The van der Waals surface area contributed by atoms with Gasteiger partial charge in [0, 0.05) is 23.0 Å². The van der Waals surface area contributed by atoms with Gasteiger partial charge in [-0.1, -0.05) is 20.8 Å². The van der Waals surface area contributed by atoms with Gasteiger partial charge in [0.15, 0.2) is 5.65 Å². The quantitative estimate of drug-likeness (QED) is 0.688. The third-order valence-electron chi connectivity index (χ3n) is 4.55. The molecule has 0 aliphatic heterocycles. The molecule has 0 amide bonds. The molecule has 132 valence electrons. The lowest BCUT2D eigenvalue weighted by Gasteiger charge is -2.13. The molecule has 3 rings (SSSR count). The third kappa shape index (κ3) is 3.03. The Labute approximate surface area is 149 Å². The number of hydrogen-bond acceptors (Lipinski definition) is 4. The molecule has 0 atom stereocenters. The summed E-state index contributed by atoms with van der Waals surface area (Å²) in [6.45, 7) is 14.7.